The van der Waals surface area contributed by atoms with Gasteiger partial charge >= 0.3 is 6.36 Å². The highest BCUT2D eigenvalue weighted by molar-refractivity contribution is 6.58. The fourth-order valence-electron chi connectivity index (χ4n) is 5.81. The summed E-state index contributed by atoms with van der Waals surface area (Å²) in [5.41, 5.74) is 1.11. The van der Waals surface area contributed by atoms with Crippen molar-refractivity contribution in [2.75, 3.05) is 0 Å². The van der Waals surface area contributed by atoms with Crippen LogP contribution in [0.1, 0.15) is 76.7 Å². The van der Waals surface area contributed by atoms with Crippen molar-refractivity contribution < 1.29 is 17.9 Å². The molecule has 1 heterocycles. The van der Waals surface area contributed by atoms with Gasteiger partial charge in [0.2, 0.25) is 0 Å². The molecule has 2 aliphatic rings. The molecule has 0 N–H and O–H groups in total. The molecule has 1 aliphatic heterocycles. The first-order chi connectivity index (χ1) is 14.4. The Balaban J connectivity index is 1.32. The molecule has 0 spiro atoms. The zero-order chi connectivity index (χ0) is 21.4. The van der Waals surface area contributed by atoms with Gasteiger partial charge in [0, 0.05) is 8.80 Å². The fourth-order valence-corrected chi connectivity index (χ4v) is 9.34. The van der Waals surface area contributed by atoms with E-state index < -0.39 is 15.2 Å². The quantitative estimate of drug-likeness (QED) is 0.278. The predicted octanol–water partition coefficient (Wildman–Crippen LogP) is 8.15. The van der Waals surface area contributed by atoms with Crippen LogP contribution in [0.3, 0.4) is 0 Å². The Labute approximate surface area is 182 Å². The van der Waals surface area contributed by atoms with Gasteiger partial charge < -0.3 is 4.74 Å². The highest BCUT2D eigenvalue weighted by atomic mass is 28.3. The second-order valence-electron chi connectivity index (χ2n) is 9.79. The molecule has 2 fully saturated rings. The molecule has 0 unspecified atom stereocenters. The summed E-state index contributed by atoms with van der Waals surface area (Å²) in [6, 6.07) is 11.2. The Kier molecular flexibility index (Phi) is 9.15. The van der Waals surface area contributed by atoms with Gasteiger partial charge in [0.15, 0.2) is 0 Å². The fraction of sp³-hybridized carbons (Fsp3) is 0.760. The second kappa shape index (κ2) is 11.6. The van der Waals surface area contributed by atoms with E-state index in [0.29, 0.717) is 0 Å². The molecule has 30 heavy (non-hydrogen) atoms. The SMILES string of the molecule is CCCCC[SiH]1CCC(C2CCC(CCc3ccc(OC(F)(F)F)cc3)CC2)CC1. The average molecular weight is 441 g/mol. The van der Waals surface area contributed by atoms with Crippen LogP contribution in [-0.2, 0) is 6.42 Å². The van der Waals surface area contributed by atoms with Gasteiger partial charge in [0.25, 0.3) is 0 Å². The first-order valence-corrected chi connectivity index (χ1v) is 14.7. The zero-order valence-electron chi connectivity index (χ0n) is 18.6. The molecule has 0 amide bonds. The van der Waals surface area contributed by atoms with Crippen LogP contribution in [-0.4, -0.2) is 15.2 Å². The van der Waals surface area contributed by atoms with Gasteiger partial charge in [-0.15, -0.1) is 13.2 Å². The lowest BCUT2D eigenvalue weighted by atomic mass is 9.73. The summed E-state index contributed by atoms with van der Waals surface area (Å²) in [7, 11) is -0.396. The van der Waals surface area contributed by atoms with Crippen LogP contribution in [0.4, 0.5) is 13.2 Å². The van der Waals surface area contributed by atoms with E-state index in [9.17, 15) is 13.2 Å². The van der Waals surface area contributed by atoms with Gasteiger partial charge in [-0.25, -0.2) is 0 Å². The summed E-state index contributed by atoms with van der Waals surface area (Å²) in [5, 5.41) is 0. The minimum atomic E-state index is -4.61. The number of benzene rings is 1. The van der Waals surface area contributed by atoms with E-state index in [1.165, 1.54) is 69.9 Å². The molecule has 1 aromatic rings. The number of aryl methyl sites for hydroxylation is 1. The van der Waals surface area contributed by atoms with Crippen LogP contribution in [0, 0.1) is 17.8 Å². The molecule has 3 rings (SSSR count). The molecule has 0 aromatic heterocycles. The largest absolute Gasteiger partial charge is 0.573 e. The third-order valence-corrected chi connectivity index (χ3v) is 11.2. The van der Waals surface area contributed by atoms with Gasteiger partial charge in [0.05, 0.1) is 0 Å². The van der Waals surface area contributed by atoms with Crippen molar-refractivity contribution in [3.05, 3.63) is 29.8 Å². The van der Waals surface area contributed by atoms with Crippen LogP contribution in [0.25, 0.3) is 0 Å². The van der Waals surface area contributed by atoms with E-state index in [4.69, 9.17) is 0 Å². The molecule has 1 saturated carbocycles. The third-order valence-electron chi connectivity index (χ3n) is 7.66. The Bertz CT molecular complexity index is 600. The van der Waals surface area contributed by atoms with Crippen molar-refractivity contribution in [2.45, 2.75) is 102 Å². The van der Waals surface area contributed by atoms with E-state index in [-0.39, 0.29) is 5.75 Å². The van der Waals surface area contributed by atoms with Gasteiger partial charge in [-0.3, -0.25) is 0 Å². The standard InChI is InChI=1S/C25H39F3OSi/c1-2-3-4-17-30-18-15-23(16-19-30)22-11-7-20(8-12-22)5-6-21-9-13-24(14-10-21)29-25(26,27)28/h9-10,13-14,20,22-23,30H,2-8,11-12,15-19H2,1H3. The first kappa shape index (κ1) is 23.7. The Hall–Kier alpha value is -0.973. The maximum atomic E-state index is 12.3. The number of hydrogen-bond donors (Lipinski definition) is 0. The van der Waals surface area contributed by atoms with Crippen LogP contribution in [0.5, 0.6) is 5.75 Å². The maximum absolute atomic E-state index is 12.3. The van der Waals surface area contributed by atoms with Crippen molar-refractivity contribution in [1.29, 1.82) is 0 Å². The molecule has 170 valence electrons. The molecule has 1 aromatic carbocycles. The molecule has 0 bridgehead atoms. The van der Waals surface area contributed by atoms with Crippen LogP contribution < -0.4 is 4.74 Å². The molecule has 0 atom stereocenters. The summed E-state index contributed by atoms with van der Waals surface area (Å²) in [4.78, 5) is 0. The topological polar surface area (TPSA) is 9.23 Å². The summed E-state index contributed by atoms with van der Waals surface area (Å²) >= 11 is 0. The Morgan fingerprint density at radius 1 is 0.900 bits per heavy atom. The minimum absolute atomic E-state index is 0.130. The summed E-state index contributed by atoms with van der Waals surface area (Å²) in [5.74, 6) is 2.62. The lowest BCUT2D eigenvalue weighted by molar-refractivity contribution is -0.274. The number of unbranched alkanes of at least 4 members (excludes halogenated alkanes) is 2. The number of alkyl halides is 3. The summed E-state index contributed by atoms with van der Waals surface area (Å²) < 4.78 is 40.7. The minimum Gasteiger partial charge on any atom is -0.406 e. The van der Waals surface area contributed by atoms with E-state index >= 15 is 0 Å². The number of ether oxygens (including phenoxy) is 1. The second-order valence-corrected chi connectivity index (χ2v) is 13.3. The highest BCUT2D eigenvalue weighted by Crippen LogP contribution is 2.42. The lowest BCUT2D eigenvalue weighted by Crippen LogP contribution is -2.28. The molecule has 1 nitrogen and oxygen atoms in total. The molecular weight excluding hydrogens is 401 g/mol. The Morgan fingerprint density at radius 3 is 2.13 bits per heavy atom. The number of halogens is 3. The zero-order valence-corrected chi connectivity index (χ0v) is 19.7. The predicted molar refractivity (Wildman–Crippen MR) is 121 cm³/mol. The summed E-state index contributed by atoms with van der Waals surface area (Å²) in [6.07, 6.45) is 10.3. The maximum Gasteiger partial charge on any atom is 0.573 e. The van der Waals surface area contributed by atoms with Crippen molar-refractivity contribution >= 4 is 8.80 Å². The smallest absolute Gasteiger partial charge is 0.406 e. The first-order valence-electron chi connectivity index (χ1n) is 12.3. The van der Waals surface area contributed by atoms with Crippen LogP contribution in [0.15, 0.2) is 24.3 Å². The van der Waals surface area contributed by atoms with E-state index in [0.717, 1.165) is 36.2 Å². The van der Waals surface area contributed by atoms with Gasteiger partial charge in [0.1, 0.15) is 5.75 Å². The molecule has 1 saturated heterocycles. The van der Waals surface area contributed by atoms with Gasteiger partial charge in [-0.1, -0.05) is 82.1 Å². The van der Waals surface area contributed by atoms with E-state index in [1.807, 2.05) is 0 Å². The number of hydrogen-bond acceptors (Lipinski definition) is 1. The lowest BCUT2D eigenvalue weighted by Gasteiger charge is -2.37. The van der Waals surface area contributed by atoms with Crippen molar-refractivity contribution in [2.24, 2.45) is 17.8 Å². The van der Waals surface area contributed by atoms with E-state index in [2.05, 4.69) is 11.7 Å². The van der Waals surface area contributed by atoms with Gasteiger partial charge in [-0.2, -0.15) is 0 Å². The molecule has 0 radical (unpaired) electrons. The molecule has 5 heteroatoms. The monoisotopic (exact) mass is 440 g/mol. The van der Waals surface area contributed by atoms with Crippen molar-refractivity contribution in [3.8, 4) is 5.75 Å². The summed E-state index contributed by atoms with van der Waals surface area (Å²) in [6.45, 7) is 2.30. The average Bonchev–Trinajstić information content (AvgIpc) is 2.73. The van der Waals surface area contributed by atoms with Crippen molar-refractivity contribution in [1.82, 2.24) is 0 Å². The van der Waals surface area contributed by atoms with E-state index in [1.54, 1.807) is 30.3 Å². The van der Waals surface area contributed by atoms with Gasteiger partial charge in [-0.05, 0) is 61.1 Å². The molecular formula is C25H39F3OSi. The third kappa shape index (κ3) is 7.94. The Morgan fingerprint density at radius 2 is 1.53 bits per heavy atom. The molecule has 1 aliphatic carbocycles. The highest BCUT2D eigenvalue weighted by Gasteiger charge is 2.32. The van der Waals surface area contributed by atoms with Crippen LogP contribution in [0.2, 0.25) is 18.1 Å². The van der Waals surface area contributed by atoms with Crippen LogP contribution >= 0.6 is 0 Å². The normalized spacial score (nSPS) is 27.7. The van der Waals surface area contributed by atoms with Crippen molar-refractivity contribution in [3.63, 3.8) is 0 Å². The number of rotatable bonds is 9.